The van der Waals surface area contributed by atoms with Gasteiger partial charge in [0.05, 0.1) is 0 Å². The smallest absolute Gasteiger partial charge is 0.420 e. The average Bonchev–Trinajstić information content (AvgIpc) is 2.83. The Bertz CT molecular complexity index is 1020. The molecule has 1 aromatic carbocycles. The van der Waals surface area contributed by atoms with Crippen LogP contribution in [0.5, 0.6) is 0 Å². The minimum Gasteiger partial charge on any atom is -0.480 e. The number of aliphatic imine (C=N–C) groups is 1. The topological polar surface area (TPSA) is 198 Å². The molecule has 3 amide bonds. The third-order valence-corrected chi connectivity index (χ3v) is 5.41. The maximum atomic E-state index is 14.4. The highest BCUT2D eigenvalue weighted by Gasteiger charge is 2.62. The van der Waals surface area contributed by atoms with Crippen molar-refractivity contribution >= 4 is 29.8 Å². The van der Waals surface area contributed by atoms with E-state index in [4.69, 9.17) is 16.2 Å². The molecule has 218 valence electrons. The molecule has 0 bridgehead atoms. The molecule has 0 aliphatic rings. The Kier molecular flexibility index (Phi) is 12.5. The van der Waals surface area contributed by atoms with Gasteiger partial charge in [0.1, 0.15) is 18.7 Å². The van der Waals surface area contributed by atoms with Gasteiger partial charge in [-0.1, -0.05) is 44.2 Å². The molecule has 0 aliphatic carbocycles. The highest BCUT2D eigenvalue weighted by molar-refractivity contribution is 5.95. The lowest BCUT2D eigenvalue weighted by atomic mass is 9.86. The van der Waals surface area contributed by atoms with E-state index in [9.17, 15) is 37.5 Å². The molecule has 8 N–H and O–H groups in total. The monoisotopic (exact) mass is 560 g/mol. The summed E-state index contributed by atoms with van der Waals surface area (Å²) in [6.45, 7) is 3.66. The van der Waals surface area contributed by atoms with E-state index in [1.54, 1.807) is 35.6 Å². The first-order chi connectivity index (χ1) is 18.1. The van der Waals surface area contributed by atoms with Gasteiger partial charge < -0.3 is 31.9 Å². The summed E-state index contributed by atoms with van der Waals surface area (Å²) in [5.41, 5.74) is 7.46. The number of nitrogens with two attached hydrogens (primary N) is 2. The summed E-state index contributed by atoms with van der Waals surface area (Å²) in [6, 6.07) is 5.18. The van der Waals surface area contributed by atoms with Gasteiger partial charge in [-0.2, -0.15) is 13.2 Å². The van der Waals surface area contributed by atoms with Crippen molar-refractivity contribution in [3.63, 3.8) is 0 Å². The fraction of sp³-hybridized carbons (Fsp3) is 0.542. The number of alkyl carbamates (subject to hydrolysis) is 1. The maximum absolute atomic E-state index is 14.4. The van der Waals surface area contributed by atoms with Crippen LogP contribution in [0.15, 0.2) is 35.3 Å². The standard InChI is InChI=1S/C24H35F3N6O6/c1-14(2)12-23(24(25,26)27,33-22(38)39-13-16-8-5-4-6-9-16)20(37)31-15(3)18(34)32-17(19(35)36)10-7-11-30-21(28)29/h4-6,8-9,14-15,17H,7,10-13H2,1-3H3,(H,31,37)(H,32,34)(H,33,38)(H,35,36)(H4,28,29,30)/t15-,17-,23+/m0/s1. The van der Waals surface area contributed by atoms with Crippen molar-refractivity contribution in [2.75, 3.05) is 6.54 Å². The minimum atomic E-state index is -5.28. The number of benzene rings is 1. The maximum Gasteiger partial charge on any atom is 0.420 e. The predicted molar refractivity (Wildman–Crippen MR) is 135 cm³/mol. The third-order valence-electron chi connectivity index (χ3n) is 5.41. The number of alkyl halides is 3. The van der Waals surface area contributed by atoms with Gasteiger partial charge in [-0.3, -0.25) is 19.9 Å². The molecule has 0 heterocycles. The first-order valence-electron chi connectivity index (χ1n) is 12.0. The number of halogens is 3. The Morgan fingerprint density at radius 3 is 2.18 bits per heavy atom. The molecule has 0 aromatic heterocycles. The molecule has 15 heteroatoms. The van der Waals surface area contributed by atoms with Crippen LogP contribution in [0.2, 0.25) is 0 Å². The van der Waals surface area contributed by atoms with Crippen molar-refractivity contribution in [1.29, 1.82) is 0 Å². The molecule has 0 unspecified atom stereocenters. The first-order valence-corrected chi connectivity index (χ1v) is 12.0. The van der Waals surface area contributed by atoms with Crippen LogP contribution in [0.4, 0.5) is 18.0 Å². The lowest BCUT2D eigenvalue weighted by molar-refractivity contribution is -0.202. The molecule has 0 aliphatic heterocycles. The normalized spacial score (nSPS) is 14.3. The number of carboxylic acids is 1. The number of nitrogens with zero attached hydrogens (tertiary/aromatic N) is 1. The van der Waals surface area contributed by atoms with Gasteiger partial charge >= 0.3 is 18.2 Å². The SMILES string of the molecule is CC(C)C[C@@](NC(=O)OCc1ccccc1)(C(=O)N[C@@H](C)C(=O)N[C@@H](CCCN=C(N)N)C(=O)O)C(F)(F)F. The van der Waals surface area contributed by atoms with Gasteiger partial charge in [-0.25, -0.2) is 9.59 Å². The fourth-order valence-electron chi connectivity index (χ4n) is 3.50. The van der Waals surface area contributed by atoms with Crippen LogP contribution >= 0.6 is 0 Å². The number of nitrogens with one attached hydrogen (secondary N) is 3. The minimum absolute atomic E-state index is 0.0869. The second kappa shape index (κ2) is 14.8. The van der Waals surface area contributed by atoms with Crippen LogP contribution < -0.4 is 27.4 Å². The quantitative estimate of drug-likeness (QED) is 0.111. The number of aliphatic carboxylic acids is 1. The van der Waals surface area contributed by atoms with E-state index >= 15 is 0 Å². The van der Waals surface area contributed by atoms with Gasteiger partial charge in [-0.05, 0) is 37.7 Å². The molecule has 12 nitrogen and oxygen atoms in total. The molecule has 0 fully saturated rings. The van der Waals surface area contributed by atoms with Gasteiger partial charge in [0.25, 0.3) is 5.91 Å². The van der Waals surface area contributed by atoms with Crippen molar-refractivity contribution in [1.82, 2.24) is 16.0 Å². The van der Waals surface area contributed by atoms with Crippen LogP contribution in [0.3, 0.4) is 0 Å². The summed E-state index contributed by atoms with van der Waals surface area (Å²) >= 11 is 0. The summed E-state index contributed by atoms with van der Waals surface area (Å²) in [5, 5.41) is 15.1. The van der Waals surface area contributed by atoms with E-state index in [1.165, 1.54) is 13.8 Å². The van der Waals surface area contributed by atoms with Crippen LogP contribution in [0, 0.1) is 5.92 Å². The molecule has 0 saturated carbocycles. The first kappa shape index (κ1) is 33.0. The van der Waals surface area contributed by atoms with E-state index < -0.39 is 60.0 Å². The van der Waals surface area contributed by atoms with Gasteiger partial charge in [0, 0.05) is 6.54 Å². The number of carbonyl (C=O) groups is 4. The Labute approximate surface area is 223 Å². The molecule has 0 spiro atoms. The van der Waals surface area contributed by atoms with Crippen molar-refractivity contribution in [2.45, 2.75) is 70.4 Å². The fourth-order valence-corrected chi connectivity index (χ4v) is 3.50. The van der Waals surface area contributed by atoms with Gasteiger partial charge in [0.15, 0.2) is 5.96 Å². The number of ether oxygens (including phenoxy) is 1. The average molecular weight is 561 g/mol. The molecular weight excluding hydrogens is 525 g/mol. The second-order valence-electron chi connectivity index (χ2n) is 9.23. The highest BCUT2D eigenvalue weighted by atomic mass is 19.4. The van der Waals surface area contributed by atoms with Crippen molar-refractivity contribution in [3.05, 3.63) is 35.9 Å². The predicted octanol–water partition coefficient (Wildman–Crippen LogP) is 1.39. The van der Waals surface area contributed by atoms with E-state index in [2.05, 4.69) is 10.3 Å². The highest BCUT2D eigenvalue weighted by Crippen LogP contribution is 2.36. The van der Waals surface area contributed by atoms with Crippen LogP contribution in [-0.2, 0) is 25.7 Å². The second-order valence-corrected chi connectivity index (χ2v) is 9.23. The largest absolute Gasteiger partial charge is 0.480 e. The molecule has 0 radical (unpaired) electrons. The van der Waals surface area contributed by atoms with Crippen LogP contribution in [-0.4, -0.2) is 65.3 Å². The Morgan fingerprint density at radius 2 is 1.67 bits per heavy atom. The number of guanidine groups is 1. The lowest BCUT2D eigenvalue weighted by Gasteiger charge is -2.36. The van der Waals surface area contributed by atoms with E-state index in [-0.39, 0.29) is 32.0 Å². The molecule has 3 atom stereocenters. The molecule has 0 saturated heterocycles. The van der Waals surface area contributed by atoms with E-state index in [0.717, 1.165) is 6.92 Å². The van der Waals surface area contributed by atoms with E-state index in [0.29, 0.717) is 5.56 Å². The Hall–Kier alpha value is -4.04. The van der Waals surface area contributed by atoms with Crippen molar-refractivity contribution in [3.8, 4) is 0 Å². The summed E-state index contributed by atoms with van der Waals surface area (Å²) in [7, 11) is 0. The number of rotatable bonds is 14. The molecule has 1 aromatic rings. The van der Waals surface area contributed by atoms with Crippen molar-refractivity contribution < 1.29 is 42.2 Å². The molecular formula is C24H35F3N6O6. The number of carbonyl (C=O) groups excluding carboxylic acids is 3. The number of amides is 3. The zero-order chi connectivity index (χ0) is 29.8. The van der Waals surface area contributed by atoms with Gasteiger partial charge in [0.2, 0.25) is 11.4 Å². The summed E-state index contributed by atoms with van der Waals surface area (Å²) in [5.74, 6) is -5.08. The Morgan fingerprint density at radius 1 is 1.05 bits per heavy atom. The number of hydrogen-bond donors (Lipinski definition) is 6. The molecule has 39 heavy (non-hydrogen) atoms. The lowest BCUT2D eigenvalue weighted by Crippen LogP contribution is -2.69. The van der Waals surface area contributed by atoms with Crippen molar-refractivity contribution in [2.24, 2.45) is 22.4 Å². The number of hydrogen-bond acceptors (Lipinski definition) is 6. The molecule has 1 rings (SSSR count). The van der Waals surface area contributed by atoms with Crippen LogP contribution in [0.1, 0.15) is 45.6 Å². The summed E-state index contributed by atoms with van der Waals surface area (Å²) < 4.78 is 48.0. The third kappa shape index (κ3) is 10.7. The zero-order valence-corrected chi connectivity index (χ0v) is 21.9. The summed E-state index contributed by atoms with van der Waals surface area (Å²) in [6.07, 6.45) is -7.54. The summed E-state index contributed by atoms with van der Waals surface area (Å²) in [4.78, 5) is 53.2. The zero-order valence-electron chi connectivity index (χ0n) is 21.9. The van der Waals surface area contributed by atoms with E-state index in [1.807, 2.05) is 5.32 Å². The number of carboxylic acid groups (broad SMARTS) is 1. The van der Waals surface area contributed by atoms with Gasteiger partial charge in [-0.15, -0.1) is 0 Å². The van der Waals surface area contributed by atoms with Crippen LogP contribution in [0.25, 0.3) is 0 Å². The Balaban J connectivity index is 3.03.